The van der Waals surface area contributed by atoms with Gasteiger partial charge in [-0.3, -0.25) is 4.79 Å². The minimum absolute atomic E-state index is 0.167. The molecule has 0 unspecified atom stereocenters. The molecular formula is C21H25NO2. The normalized spacial score (nSPS) is 17.2. The summed E-state index contributed by atoms with van der Waals surface area (Å²) < 4.78 is 6.21. The number of nitrogens with one attached hydrogen (secondary N) is 1. The standard InChI is InChI=1S/C21H25NO2/c1-20(2,17-9-5-3-6-10-17)19(23)24-21(13-15-22-16-14-21)18-11-7-4-8-12-18/h3-12,22H,13-16H2,1-2H3. The number of carbonyl (C=O) groups is 1. The van der Waals surface area contributed by atoms with Gasteiger partial charge in [-0.15, -0.1) is 0 Å². The van der Waals surface area contributed by atoms with Crippen molar-refractivity contribution in [3.8, 4) is 0 Å². The molecule has 0 aromatic heterocycles. The van der Waals surface area contributed by atoms with Gasteiger partial charge in [0.05, 0.1) is 5.41 Å². The number of piperidine rings is 1. The Labute approximate surface area is 144 Å². The second kappa shape index (κ2) is 6.78. The van der Waals surface area contributed by atoms with Gasteiger partial charge in [-0.1, -0.05) is 60.7 Å². The van der Waals surface area contributed by atoms with Crippen molar-refractivity contribution in [3.05, 3.63) is 71.8 Å². The van der Waals surface area contributed by atoms with E-state index in [-0.39, 0.29) is 5.97 Å². The molecule has 2 aromatic rings. The van der Waals surface area contributed by atoms with Crippen molar-refractivity contribution in [3.63, 3.8) is 0 Å². The van der Waals surface area contributed by atoms with E-state index in [1.165, 1.54) is 0 Å². The van der Waals surface area contributed by atoms with Crippen LogP contribution in [0.2, 0.25) is 0 Å². The fourth-order valence-electron chi connectivity index (χ4n) is 3.30. The van der Waals surface area contributed by atoms with Crippen LogP contribution in [-0.2, 0) is 20.5 Å². The molecule has 0 bridgehead atoms. The Morgan fingerprint density at radius 1 is 0.958 bits per heavy atom. The minimum Gasteiger partial charge on any atom is -0.453 e. The predicted octanol–water partition coefficient (Wildman–Crippen LogP) is 3.79. The van der Waals surface area contributed by atoms with Gasteiger partial charge >= 0.3 is 5.97 Å². The van der Waals surface area contributed by atoms with E-state index < -0.39 is 11.0 Å². The third-order valence-electron chi connectivity index (χ3n) is 5.00. The van der Waals surface area contributed by atoms with Crippen LogP contribution in [-0.4, -0.2) is 19.1 Å². The molecule has 1 N–H and O–H groups in total. The second-order valence-electron chi connectivity index (χ2n) is 6.99. The van der Waals surface area contributed by atoms with Crippen molar-refractivity contribution in [2.45, 2.75) is 37.7 Å². The van der Waals surface area contributed by atoms with Crippen molar-refractivity contribution in [2.75, 3.05) is 13.1 Å². The monoisotopic (exact) mass is 323 g/mol. The number of benzene rings is 2. The van der Waals surface area contributed by atoms with Gasteiger partial charge in [0.15, 0.2) is 0 Å². The van der Waals surface area contributed by atoms with Crippen LogP contribution in [0.25, 0.3) is 0 Å². The molecule has 1 heterocycles. The van der Waals surface area contributed by atoms with Gasteiger partial charge in [0.2, 0.25) is 0 Å². The van der Waals surface area contributed by atoms with E-state index in [0.29, 0.717) is 0 Å². The van der Waals surface area contributed by atoms with Crippen molar-refractivity contribution in [2.24, 2.45) is 0 Å². The van der Waals surface area contributed by atoms with E-state index in [1.807, 2.05) is 62.4 Å². The summed E-state index contributed by atoms with van der Waals surface area (Å²) in [6.07, 6.45) is 1.60. The first-order valence-electron chi connectivity index (χ1n) is 8.60. The minimum atomic E-state index is -0.673. The van der Waals surface area contributed by atoms with Crippen LogP contribution in [0.4, 0.5) is 0 Å². The van der Waals surface area contributed by atoms with Crippen molar-refractivity contribution in [1.82, 2.24) is 5.32 Å². The fourth-order valence-corrected chi connectivity index (χ4v) is 3.30. The largest absolute Gasteiger partial charge is 0.453 e. The number of esters is 1. The van der Waals surface area contributed by atoms with Crippen LogP contribution < -0.4 is 5.32 Å². The molecule has 1 fully saturated rings. The SMILES string of the molecule is CC(C)(C(=O)OC1(c2ccccc2)CCNCC1)c1ccccc1. The average molecular weight is 323 g/mol. The van der Waals surface area contributed by atoms with Crippen LogP contribution in [0, 0.1) is 0 Å². The van der Waals surface area contributed by atoms with Crippen LogP contribution in [0.15, 0.2) is 60.7 Å². The zero-order chi connectivity index (χ0) is 17.0. The maximum atomic E-state index is 13.1. The fraction of sp³-hybridized carbons (Fsp3) is 0.381. The Morgan fingerprint density at radius 2 is 1.50 bits per heavy atom. The Hall–Kier alpha value is -2.13. The van der Waals surface area contributed by atoms with Gasteiger partial charge in [0, 0.05) is 12.8 Å². The lowest BCUT2D eigenvalue weighted by Gasteiger charge is -2.40. The van der Waals surface area contributed by atoms with Gasteiger partial charge < -0.3 is 10.1 Å². The summed E-state index contributed by atoms with van der Waals surface area (Å²) in [7, 11) is 0. The highest BCUT2D eigenvalue weighted by Gasteiger charge is 2.42. The first kappa shape index (κ1) is 16.7. The lowest BCUT2D eigenvalue weighted by atomic mass is 9.82. The maximum Gasteiger partial charge on any atom is 0.316 e. The van der Waals surface area contributed by atoms with Crippen LogP contribution in [0.5, 0.6) is 0 Å². The van der Waals surface area contributed by atoms with E-state index in [0.717, 1.165) is 37.1 Å². The molecule has 1 aliphatic rings. The van der Waals surface area contributed by atoms with Crippen molar-refractivity contribution >= 4 is 5.97 Å². The molecule has 1 saturated heterocycles. The lowest BCUT2D eigenvalue weighted by molar-refractivity contribution is -0.170. The quantitative estimate of drug-likeness (QED) is 0.870. The highest BCUT2D eigenvalue weighted by atomic mass is 16.6. The molecule has 3 heteroatoms. The summed E-state index contributed by atoms with van der Waals surface area (Å²) in [4.78, 5) is 13.1. The molecule has 0 amide bonds. The summed E-state index contributed by atoms with van der Waals surface area (Å²) >= 11 is 0. The van der Waals surface area contributed by atoms with E-state index in [4.69, 9.17) is 4.74 Å². The Balaban J connectivity index is 1.89. The summed E-state index contributed by atoms with van der Waals surface area (Å²) in [5.74, 6) is -0.167. The van der Waals surface area contributed by atoms with Gasteiger partial charge in [-0.25, -0.2) is 0 Å². The first-order valence-corrected chi connectivity index (χ1v) is 8.60. The van der Waals surface area contributed by atoms with E-state index >= 15 is 0 Å². The highest BCUT2D eigenvalue weighted by Crippen LogP contribution is 2.37. The molecule has 24 heavy (non-hydrogen) atoms. The molecule has 0 aliphatic carbocycles. The number of ether oxygens (including phenoxy) is 1. The summed E-state index contributed by atoms with van der Waals surface area (Å²) in [6, 6.07) is 20.0. The lowest BCUT2D eigenvalue weighted by Crippen LogP contribution is -2.46. The van der Waals surface area contributed by atoms with Gasteiger partial charge in [-0.2, -0.15) is 0 Å². The Morgan fingerprint density at radius 3 is 2.08 bits per heavy atom. The smallest absolute Gasteiger partial charge is 0.316 e. The molecule has 1 aliphatic heterocycles. The number of hydrogen-bond acceptors (Lipinski definition) is 3. The van der Waals surface area contributed by atoms with Crippen LogP contribution in [0.3, 0.4) is 0 Å². The van der Waals surface area contributed by atoms with Gasteiger partial charge in [-0.05, 0) is 38.1 Å². The van der Waals surface area contributed by atoms with Gasteiger partial charge in [0.25, 0.3) is 0 Å². The van der Waals surface area contributed by atoms with E-state index in [9.17, 15) is 4.79 Å². The summed E-state index contributed by atoms with van der Waals surface area (Å²) in [5, 5.41) is 3.36. The predicted molar refractivity (Wildman–Crippen MR) is 95.8 cm³/mol. The molecule has 126 valence electrons. The number of carbonyl (C=O) groups excluding carboxylic acids is 1. The third kappa shape index (κ3) is 3.22. The zero-order valence-corrected chi connectivity index (χ0v) is 14.4. The number of hydrogen-bond donors (Lipinski definition) is 1. The van der Waals surface area contributed by atoms with E-state index in [1.54, 1.807) is 0 Å². The molecule has 0 spiro atoms. The van der Waals surface area contributed by atoms with Gasteiger partial charge in [0.1, 0.15) is 5.60 Å². The van der Waals surface area contributed by atoms with Crippen molar-refractivity contribution < 1.29 is 9.53 Å². The topological polar surface area (TPSA) is 38.3 Å². The second-order valence-corrected chi connectivity index (χ2v) is 6.99. The third-order valence-corrected chi connectivity index (χ3v) is 5.00. The van der Waals surface area contributed by atoms with Crippen molar-refractivity contribution in [1.29, 1.82) is 0 Å². The molecule has 0 atom stereocenters. The molecule has 3 rings (SSSR count). The molecule has 0 radical (unpaired) electrons. The molecular weight excluding hydrogens is 298 g/mol. The highest BCUT2D eigenvalue weighted by molar-refractivity contribution is 5.82. The first-order chi connectivity index (χ1) is 11.5. The Bertz CT molecular complexity index is 673. The average Bonchev–Trinajstić information content (AvgIpc) is 2.64. The maximum absolute atomic E-state index is 13.1. The Kier molecular flexibility index (Phi) is 4.72. The molecule has 3 nitrogen and oxygen atoms in total. The molecule has 2 aromatic carbocycles. The van der Waals surface area contributed by atoms with E-state index in [2.05, 4.69) is 17.4 Å². The summed E-state index contributed by atoms with van der Waals surface area (Å²) in [6.45, 7) is 5.58. The number of rotatable bonds is 4. The summed E-state index contributed by atoms with van der Waals surface area (Å²) in [5.41, 5.74) is 0.861. The zero-order valence-electron chi connectivity index (χ0n) is 14.4. The molecule has 0 saturated carbocycles. The van der Waals surface area contributed by atoms with Crippen LogP contribution >= 0.6 is 0 Å². The van der Waals surface area contributed by atoms with Crippen LogP contribution in [0.1, 0.15) is 37.8 Å².